The van der Waals surface area contributed by atoms with Gasteiger partial charge in [-0.3, -0.25) is 9.69 Å². The van der Waals surface area contributed by atoms with E-state index in [1.165, 1.54) is 11.1 Å². The number of aliphatic carboxylic acids is 1. The van der Waals surface area contributed by atoms with Gasteiger partial charge in [0.2, 0.25) is 0 Å². The highest BCUT2D eigenvalue weighted by atomic mass is 16.4. The maximum Gasteiger partial charge on any atom is 0.323 e. The van der Waals surface area contributed by atoms with Crippen LogP contribution in [0.25, 0.3) is 0 Å². The van der Waals surface area contributed by atoms with Crippen LogP contribution in [0, 0.1) is 6.92 Å². The number of likely N-dealkylation sites (tertiary alicyclic amines) is 1. The molecule has 4 heteroatoms. The molecule has 0 aromatic heterocycles. The molecule has 0 saturated carbocycles. The smallest absolute Gasteiger partial charge is 0.323 e. The maximum absolute atomic E-state index is 11.7. The maximum atomic E-state index is 11.7. The van der Waals surface area contributed by atoms with Crippen molar-refractivity contribution in [2.24, 2.45) is 0 Å². The number of phenolic OH excluding ortho intramolecular Hbond substituents is 1. The van der Waals surface area contributed by atoms with Gasteiger partial charge in [0.05, 0.1) is 0 Å². The van der Waals surface area contributed by atoms with Crippen LogP contribution in [0.2, 0.25) is 0 Å². The van der Waals surface area contributed by atoms with Gasteiger partial charge in [-0.05, 0) is 62.8 Å². The molecule has 3 atom stereocenters. The lowest BCUT2D eigenvalue weighted by molar-refractivity contribution is -0.150. The molecule has 2 aliphatic rings. The van der Waals surface area contributed by atoms with Crippen LogP contribution in [0.1, 0.15) is 61.8 Å². The molecule has 2 N–H and O–H groups in total. The van der Waals surface area contributed by atoms with Crippen LogP contribution in [0.15, 0.2) is 12.1 Å². The predicted molar refractivity (Wildman–Crippen MR) is 80.6 cm³/mol. The van der Waals surface area contributed by atoms with E-state index >= 15 is 0 Å². The lowest BCUT2D eigenvalue weighted by atomic mass is 9.95. The van der Waals surface area contributed by atoms with Crippen LogP contribution < -0.4 is 0 Å². The van der Waals surface area contributed by atoms with Crippen molar-refractivity contribution >= 4 is 5.97 Å². The molecule has 3 rings (SSSR count). The summed E-state index contributed by atoms with van der Waals surface area (Å²) in [6.45, 7) is 6.84. The van der Waals surface area contributed by atoms with Crippen LogP contribution in [-0.2, 0) is 4.79 Å². The monoisotopic (exact) mass is 289 g/mol. The molecule has 1 fully saturated rings. The topological polar surface area (TPSA) is 60.8 Å². The first-order chi connectivity index (χ1) is 9.86. The number of rotatable bonds is 2. The summed E-state index contributed by atoms with van der Waals surface area (Å²) in [6, 6.07) is 3.71. The minimum Gasteiger partial charge on any atom is -0.508 e. The Morgan fingerprint density at radius 1 is 1.38 bits per heavy atom. The van der Waals surface area contributed by atoms with Gasteiger partial charge in [-0.2, -0.15) is 0 Å². The predicted octanol–water partition coefficient (Wildman–Crippen LogP) is 3.19. The summed E-state index contributed by atoms with van der Waals surface area (Å²) in [5.74, 6) is -0.0893. The Hall–Kier alpha value is -1.55. The second-order valence-corrected chi connectivity index (χ2v) is 6.76. The van der Waals surface area contributed by atoms with Crippen LogP contribution in [-0.4, -0.2) is 33.2 Å². The number of carboxylic acid groups (broad SMARTS) is 1. The number of phenols is 1. The number of fused-ring (bicyclic) bond motifs is 1. The Bertz CT molecular complexity index is 598. The molecule has 21 heavy (non-hydrogen) atoms. The summed E-state index contributed by atoms with van der Waals surface area (Å²) in [6.07, 6.45) is 2.46. The molecule has 1 aromatic rings. The zero-order chi connectivity index (χ0) is 15.4. The Morgan fingerprint density at radius 2 is 2.10 bits per heavy atom. The van der Waals surface area contributed by atoms with E-state index in [1.807, 2.05) is 13.0 Å². The van der Waals surface area contributed by atoms with Crippen molar-refractivity contribution in [1.82, 2.24) is 4.90 Å². The molecule has 0 spiro atoms. The molecule has 4 nitrogen and oxygen atoms in total. The molecule has 1 aliphatic carbocycles. The van der Waals surface area contributed by atoms with Crippen LogP contribution in [0.5, 0.6) is 5.75 Å². The van der Waals surface area contributed by atoms with Gasteiger partial charge < -0.3 is 10.2 Å². The normalized spacial score (nSPS) is 32.3. The Morgan fingerprint density at radius 3 is 2.76 bits per heavy atom. The van der Waals surface area contributed by atoms with Crippen molar-refractivity contribution in [1.29, 1.82) is 0 Å². The highest BCUT2D eigenvalue weighted by Gasteiger charge is 2.49. The van der Waals surface area contributed by atoms with E-state index in [0.29, 0.717) is 18.1 Å². The average Bonchev–Trinajstić information content (AvgIpc) is 2.96. The van der Waals surface area contributed by atoms with E-state index < -0.39 is 11.5 Å². The summed E-state index contributed by atoms with van der Waals surface area (Å²) < 4.78 is 0. The Kier molecular flexibility index (Phi) is 3.24. The fraction of sp³-hybridized carbons (Fsp3) is 0.588. The number of carbonyl (C=O) groups is 1. The molecule has 0 bridgehead atoms. The van der Waals surface area contributed by atoms with Gasteiger partial charge >= 0.3 is 5.97 Å². The third-order valence-electron chi connectivity index (χ3n) is 5.42. The lowest BCUT2D eigenvalue weighted by Crippen LogP contribution is -2.49. The molecule has 0 amide bonds. The van der Waals surface area contributed by atoms with Crippen molar-refractivity contribution in [3.05, 3.63) is 28.8 Å². The van der Waals surface area contributed by atoms with Crippen molar-refractivity contribution in [2.75, 3.05) is 6.54 Å². The molecule has 1 aliphatic heterocycles. The number of nitrogens with zero attached hydrogens (tertiary/aromatic N) is 1. The summed E-state index contributed by atoms with van der Waals surface area (Å²) >= 11 is 0. The van der Waals surface area contributed by atoms with Crippen molar-refractivity contribution in [3.63, 3.8) is 0 Å². The van der Waals surface area contributed by atoms with Gasteiger partial charge in [-0.1, -0.05) is 13.0 Å². The summed E-state index contributed by atoms with van der Waals surface area (Å²) in [7, 11) is 0. The zero-order valence-corrected chi connectivity index (χ0v) is 12.9. The van der Waals surface area contributed by atoms with Gasteiger partial charge in [0, 0.05) is 11.6 Å². The molecular weight excluding hydrogens is 266 g/mol. The minimum atomic E-state index is -0.817. The van der Waals surface area contributed by atoms with Gasteiger partial charge in [0.15, 0.2) is 0 Å². The number of hydrogen-bond donors (Lipinski definition) is 2. The number of benzene rings is 1. The molecular formula is C17H23NO3. The second kappa shape index (κ2) is 4.73. The van der Waals surface area contributed by atoms with E-state index in [-0.39, 0.29) is 6.04 Å². The standard InChI is InChI=1S/C17H23NO3/c1-10-5-6-13(19)15-12(9-11(2)14(10)15)18-8-4-7-17(18,3)16(20)21/h5-6,11-12,19H,4,7-9H2,1-3H3,(H,20,21). The third-order valence-corrected chi connectivity index (χ3v) is 5.42. The molecule has 1 aromatic carbocycles. The Balaban J connectivity index is 2.08. The third kappa shape index (κ3) is 1.96. The van der Waals surface area contributed by atoms with E-state index in [1.54, 1.807) is 6.07 Å². The highest BCUT2D eigenvalue weighted by Crippen LogP contribution is 2.51. The molecule has 3 unspecified atom stereocenters. The van der Waals surface area contributed by atoms with Crippen molar-refractivity contribution in [2.45, 2.75) is 57.5 Å². The SMILES string of the molecule is Cc1ccc(O)c2c1C(C)CC2N1CCCC1(C)C(=O)O. The second-order valence-electron chi connectivity index (χ2n) is 6.76. The van der Waals surface area contributed by atoms with Gasteiger partial charge in [-0.25, -0.2) is 0 Å². The number of hydrogen-bond acceptors (Lipinski definition) is 3. The fourth-order valence-electron chi connectivity index (χ4n) is 4.31. The number of aryl methyl sites for hydroxylation is 1. The van der Waals surface area contributed by atoms with E-state index in [0.717, 1.165) is 24.9 Å². The van der Waals surface area contributed by atoms with E-state index in [2.05, 4.69) is 18.7 Å². The average molecular weight is 289 g/mol. The zero-order valence-electron chi connectivity index (χ0n) is 12.9. The van der Waals surface area contributed by atoms with Crippen LogP contribution in [0.3, 0.4) is 0 Å². The van der Waals surface area contributed by atoms with Gasteiger partial charge in [-0.15, -0.1) is 0 Å². The number of carboxylic acids is 1. The first kappa shape index (κ1) is 14.4. The Labute approximate surface area is 125 Å². The first-order valence-electron chi connectivity index (χ1n) is 7.68. The lowest BCUT2D eigenvalue weighted by Gasteiger charge is -2.36. The van der Waals surface area contributed by atoms with Crippen LogP contribution >= 0.6 is 0 Å². The summed E-state index contributed by atoms with van der Waals surface area (Å²) in [5, 5.41) is 20.0. The minimum absolute atomic E-state index is 0.0125. The first-order valence-corrected chi connectivity index (χ1v) is 7.68. The van der Waals surface area contributed by atoms with Gasteiger partial charge in [0.25, 0.3) is 0 Å². The molecule has 114 valence electrons. The quantitative estimate of drug-likeness (QED) is 0.878. The molecule has 0 radical (unpaired) electrons. The summed E-state index contributed by atoms with van der Waals surface area (Å²) in [4.78, 5) is 13.8. The van der Waals surface area contributed by atoms with Crippen molar-refractivity contribution < 1.29 is 15.0 Å². The van der Waals surface area contributed by atoms with Gasteiger partial charge in [0.1, 0.15) is 11.3 Å². The fourth-order valence-corrected chi connectivity index (χ4v) is 4.31. The van der Waals surface area contributed by atoms with E-state index in [9.17, 15) is 15.0 Å². The van der Waals surface area contributed by atoms with Crippen LogP contribution in [0.4, 0.5) is 0 Å². The largest absolute Gasteiger partial charge is 0.508 e. The molecule has 1 saturated heterocycles. The molecule has 1 heterocycles. The number of aromatic hydroxyl groups is 1. The highest BCUT2D eigenvalue weighted by molar-refractivity contribution is 5.79. The van der Waals surface area contributed by atoms with E-state index in [4.69, 9.17) is 0 Å². The van der Waals surface area contributed by atoms with Crippen molar-refractivity contribution in [3.8, 4) is 5.75 Å². The summed E-state index contributed by atoms with van der Waals surface area (Å²) in [5.41, 5.74) is 2.54.